The molecular formula is C13H11BrN2O2S. The van der Waals surface area contributed by atoms with Crippen molar-refractivity contribution in [1.29, 1.82) is 0 Å². The lowest BCUT2D eigenvalue weighted by atomic mass is 10.2. The highest BCUT2D eigenvalue weighted by Gasteiger charge is 2.10. The summed E-state index contributed by atoms with van der Waals surface area (Å²) >= 11 is 3.33. The first-order chi connectivity index (χ1) is 9.08. The molecule has 0 aliphatic carbocycles. The molecule has 19 heavy (non-hydrogen) atoms. The van der Waals surface area contributed by atoms with E-state index in [1.54, 1.807) is 18.2 Å². The summed E-state index contributed by atoms with van der Waals surface area (Å²) in [5.74, 6) is 0. The number of nitrogens with zero attached hydrogens (tertiary/aromatic N) is 1. The molecule has 2 aromatic rings. The van der Waals surface area contributed by atoms with Crippen molar-refractivity contribution >= 4 is 32.2 Å². The van der Waals surface area contributed by atoms with E-state index in [2.05, 4.69) is 25.9 Å². The van der Waals surface area contributed by atoms with Crippen LogP contribution in [0.25, 0.3) is 0 Å². The van der Waals surface area contributed by atoms with Crippen molar-refractivity contribution in [2.45, 2.75) is 4.90 Å². The van der Waals surface area contributed by atoms with Gasteiger partial charge in [-0.05, 0) is 29.8 Å². The number of benzene rings is 2. The van der Waals surface area contributed by atoms with Gasteiger partial charge in [0.1, 0.15) is 0 Å². The number of halogens is 1. The number of hydrogen-bond acceptors (Lipinski definition) is 3. The van der Waals surface area contributed by atoms with Crippen molar-refractivity contribution in [2.75, 3.05) is 0 Å². The summed E-state index contributed by atoms with van der Waals surface area (Å²) in [5, 5.41) is 3.75. The summed E-state index contributed by atoms with van der Waals surface area (Å²) in [5.41, 5.74) is 0.796. The maximum atomic E-state index is 11.9. The van der Waals surface area contributed by atoms with Crippen LogP contribution < -0.4 is 4.83 Å². The molecule has 2 aromatic carbocycles. The minimum Gasteiger partial charge on any atom is -0.200 e. The van der Waals surface area contributed by atoms with Crippen molar-refractivity contribution in [3.05, 3.63) is 64.6 Å². The van der Waals surface area contributed by atoms with Crippen LogP contribution in [0, 0.1) is 0 Å². The van der Waals surface area contributed by atoms with Gasteiger partial charge in [-0.2, -0.15) is 13.5 Å². The zero-order chi connectivity index (χ0) is 13.7. The van der Waals surface area contributed by atoms with Gasteiger partial charge >= 0.3 is 0 Å². The zero-order valence-electron chi connectivity index (χ0n) is 9.82. The normalized spacial score (nSPS) is 11.6. The molecule has 2 rings (SSSR count). The van der Waals surface area contributed by atoms with Crippen molar-refractivity contribution in [2.24, 2.45) is 5.10 Å². The Kier molecular flexibility index (Phi) is 4.34. The first kappa shape index (κ1) is 13.8. The van der Waals surface area contributed by atoms with E-state index < -0.39 is 10.0 Å². The SMILES string of the molecule is O=S(=O)(NN=Cc1cccc(Br)c1)c1ccccc1. The Balaban J connectivity index is 2.10. The molecule has 0 saturated carbocycles. The maximum Gasteiger partial charge on any atom is 0.276 e. The van der Waals surface area contributed by atoms with Gasteiger partial charge in [0.15, 0.2) is 0 Å². The van der Waals surface area contributed by atoms with Gasteiger partial charge in [0, 0.05) is 4.47 Å². The highest BCUT2D eigenvalue weighted by atomic mass is 79.9. The molecule has 0 radical (unpaired) electrons. The minimum atomic E-state index is -3.60. The average molecular weight is 339 g/mol. The monoisotopic (exact) mass is 338 g/mol. The Hall–Kier alpha value is -1.66. The summed E-state index contributed by atoms with van der Waals surface area (Å²) in [6, 6.07) is 15.5. The lowest BCUT2D eigenvalue weighted by Crippen LogP contribution is -2.18. The van der Waals surface area contributed by atoms with E-state index in [4.69, 9.17) is 0 Å². The molecule has 0 aliphatic rings. The van der Waals surface area contributed by atoms with E-state index in [1.165, 1.54) is 18.3 Å². The van der Waals surface area contributed by atoms with E-state index in [0.29, 0.717) is 0 Å². The Morgan fingerprint density at radius 1 is 1.05 bits per heavy atom. The third kappa shape index (κ3) is 3.90. The van der Waals surface area contributed by atoms with Crippen LogP contribution in [0.15, 0.2) is 69.1 Å². The summed E-state index contributed by atoms with van der Waals surface area (Å²) in [6.07, 6.45) is 1.45. The lowest BCUT2D eigenvalue weighted by molar-refractivity contribution is 0.584. The number of hydrogen-bond donors (Lipinski definition) is 1. The molecule has 0 aromatic heterocycles. The number of nitrogens with one attached hydrogen (secondary N) is 1. The molecule has 0 aliphatic heterocycles. The molecular weight excluding hydrogens is 328 g/mol. The third-order valence-corrected chi connectivity index (χ3v) is 4.02. The first-order valence-electron chi connectivity index (χ1n) is 5.43. The van der Waals surface area contributed by atoms with Gasteiger partial charge in [-0.3, -0.25) is 0 Å². The fourth-order valence-electron chi connectivity index (χ4n) is 1.41. The van der Waals surface area contributed by atoms with Crippen LogP contribution >= 0.6 is 15.9 Å². The highest BCUT2D eigenvalue weighted by molar-refractivity contribution is 9.10. The minimum absolute atomic E-state index is 0.182. The Labute approximate surface area is 120 Å². The summed E-state index contributed by atoms with van der Waals surface area (Å²) < 4.78 is 24.6. The molecule has 0 heterocycles. The molecule has 0 bridgehead atoms. The molecule has 0 saturated heterocycles. The van der Waals surface area contributed by atoms with Crippen molar-refractivity contribution < 1.29 is 8.42 Å². The van der Waals surface area contributed by atoms with Gasteiger partial charge in [-0.15, -0.1) is 0 Å². The van der Waals surface area contributed by atoms with Gasteiger partial charge < -0.3 is 0 Å². The highest BCUT2D eigenvalue weighted by Crippen LogP contribution is 2.10. The molecule has 0 spiro atoms. The molecule has 0 amide bonds. The lowest BCUT2D eigenvalue weighted by Gasteiger charge is -2.02. The van der Waals surface area contributed by atoms with Crippen LogP contribution in [-0.2, 0) is 10.0 Å². The topological polar surface area (TPSA) is 58.5 Å². The average Bonchev–Trinajstić information content (AvgIpc) is 2.40. The fraction of sp³-hybridized carbons (Fsp3) is 0. The van der Waals surface area contributed by atoms with E-state index in [1.807, 2.05) is 24.3 Å². The van der Waals surface area contributed by atoms with Crippen LogP contribution in [0.2, 0.25) is 0 Å². The number of sulfonamides is 1. The molecule has 6 heteroatoms. The van der Waals surface area contributed by atoms with Crippen molar-refractivity contribution in [1.82, 2.24) is 4.83 Å². The predicted molar refractivity (Wildman–Crippen MR) is 78.5 cm³/mol. The zero-order valence-corrected chi connectivity index (χ0v) is 12.2. The smallest absolute Gasteiger partial charge is 0.200 e. The van der Waals surface area contributed by atoms with Gasteiger partial charge in [-0.25, -0.2) is 4.83 Å². The standard InChI is InChI=1S/C13H11BrN2O2S/c14-12-6-4-5-11(9-12)10-15-16-19(17,18)13-7-2-1-3-8-13/h1-10,16H. The second kappa shape index (κ2) is 5.99. The largest absolute Gasteiger partial charge is 0.276 e. The van der Waals surface area contributed by atoms with E-state index in [0.717, 1.165) is 10.0 Å². The predicted octanol–water partition coefficient (Wildman–Crippen LogP) is 2.76. The third-order valence-electron chi connectivity index (χ3n) is 2.29. The van der Waals surface area contributed by atoms with Crippen LogP contribution in [0.1, 0.15) is 5.56 Å². The molecule has 1 N–H and O–H groups in total. The molecule has 0 fully saturated rings. The Bertz CT molecular complexity index is 685. The van der Waals surface area contributed by atoms with E-state index in [9.17, 15) is 8.42 Å². The summed E-state index contributed by atoms with van der Waals surface area (Å²) in [6.45, 7) is 0. The fourth-order valence-corrected chi connectivity index (χ4v) is 2.64. The Morgan fingerprint density at radius 3 is 2.47 bits per heavy atom. The van der Waals surface area contributed by atoms with Gasteiger partial charge in [-0.1, -0.05) is 46.3 Å². The van der Waals surface area contributed by atoms with Crippen LogP contribution in [-0.4, -0.2) is 14.6 Å². The number of rotatable bonds is 4. The molecule has 0 atom stereocenters. The first-order valence-corrected chi connectivity index (χ1v) is 7.71. The molecule has 4 nitrogen and oxygen atoms in total. The van der Waals surface area contributed by atoms with Gasteiger partial charge in [0.05, 0.1) is 11.1 Å². The summed E-state index contributed by atoms with van der Waals surface area (Å²) in [7, 11) is -3.60. The van der Waals surface area contributed by atoms with Gasteiger partial charge in [0.2, 0.25) is 0 Å². The second-order valence-corrected chi connectivity index (χ2v) is 6.30. The second-order valence-electron chi connectivity index (χ2n) is 3.72. The van der Waals surface area contributed by atoms with Crippen LogP contribution in [0.3, 0.4) is 0 Å². The quantitative estimate of drug-likeness (QED) is 0.688. The summed E-state index contributed by atoms with van der Waals surface area (Å²) in [4.78, 5) is 2.35. The van der Waals surface area contributed by atoms with Crippen LogP contribution in [0.4, 0.5) is 0 Å². The Morgan fingerprint density at radius 2 is 1.79 bits per heavy atom. The van der Waals surface area contributed by atoms with E-state index in [-0.39, 0.29) is 4.90 Å². The molecule has 0 unspecified atom stereocenters. The number of hydrazone groups is 1. The van der Waals surface area contributed by atoms with E-state index >= 15 is 0 Å². The van der Waals surface area contributed by atoms with Crippen molar-refractivity contribution in [3.63, 3.8) is 0 Å². The van der Waals surface area contributed by atoms with Crippen molar-refractivity contribution in [3.8, 4) is 0 Å². The van der Waals surface area contributed by atoms with Gasteiger partial charge in [0.25, 0.3) is 10.0 Å². The molecule has 98 valence electrons. The van der Waals surface area contributed by atoms with Crippen LogP contribution in [0.5, 0.6) is 0 Å². The maximum absolute atomic E-state index is 11.9.